The lowest BCUT2D eigenvalue weighted by Crippen LogP contribution is -2.53. The molecule has 1 saturated heterocycles. The van der Waals surface area contributed by atoms with E-state index in [4.69, 9.17) is 0 Å². The number of rotatable bonds is 2. The van der Waals surface area contributed by atoms with Crippen molar-refractivity contribution in [3.05, 3.63) is 0 Å². The van der Waals surface area contributed by atoms with Crippen LogP contribution in [0.5, 0.6) is 0 Å². The summed E-state index contributed by atoms with van der Waals surface area (Å²) in [7, 11) is 2.20. The predicted octanol–water partition coefficient (Wildman–Crippen LogP) is 1.61. The Morgan fingerprint density at radius 2 is 1.82 bits per heavy atom. The minimum Gasteiger partial charge on any atom is -0.392 e. The van der Waals surface area contributed by atoms with Crippen LogP contribution in [-0.2, 0) is 0 Å². The Morgan fingerprint density at radius 3 is 2.59 bits per heavy atom. The van der Waals surface area contributed by atoms with Gasteiger partial charge in [0.25, 0.3) is 0 Å². The molecule has 0 amide bonds. The molecular weight excluding hydrogens is 212 g/mol. The largest absolute Gasteiger partial charge is 0.392 e. The highest BCUT2D eigenvalue weighted by atomic mass is 16.3. The molecule has 3 nitrogen and oxygen atoms in total. The number of nitrogens with one attached hydrogen (secondary N) is 1. The van der Waals surface area contributed by atoms with Gasteiger partial charge in [0.05, 0.1) is 6.10 Å². The van der Waals surface area contributed by atoms with Crippen LogP contribution in [0.4, 0.5) is 0 Å². The van der Waals surface area contributed by atoms with E-state index in [1.54, 1.807) is 0 Å². The van der Waals surface area contributed by atoms with Gasteiger partial charge in [-0.25, -0.2) is 0 Å². The summed E-state index contributed by atoms with van der Waals surface area (Å²) in [4.78, 5) is 2.41. The van der Waals surface area contributed by atoms with E-state index in [9.17, 15) is 5.11 Å². The smallest absolute Gasteiger partial charge is 0.0693 e. The summed E-state index contributed by atoms with van der Waals surface area (Å²) in [5.41, 5.74) is 0. The molecule has 0 aromatic rings. The summed E-state index contributed by atoms with van der Waals surface area (Å²) < 4.78 is 0. The van der Waals surface area contributed by atoms with Crippen molar-refractivity contribution in [1.82, 2.24) is 10.2 Å². The van der Waals surface area contributed by atoms with E-state index in [0.717, 1.165) is 12.8 Å². The van der Waals surface area contributed by atoms with Crippen LogP contribution in [0.2, 0.25) is 0 Å². The lowest BCUT2D eigenvalue weighted by atomic mass is 9.92. The van der Waals surface area contributed by atoms with Gasteiger partial charge in [-0.1, -0.05) is 26.2 Å². The molecule has 2 N–H and O–H groups in total. The third-order valence-corrected chi connectivity index (χ3v) is 4.52. The first-order valence-electron chi connectivity index (χ1n) is 7.29. The lowest BCUT2D eigenvalue weighted by molar-refractivity contribution is 0.0919. The van der Waals surface area contributed by atoms with Gasteiger partial charge in [-0.2, -0.15) is 0 Å². The van der Waals surface area contributed by atoms with Gasteiger partial charge in [-0.05, 0) is 38.8 Å². The fourth-order valence-electron chi connectivity index (χ4n) is 3.36. The van der Waals surface area contributed by atoms with Gasteiger partial charge in [-0.3, -0.25) is 0 Å². The van der Waals surface area contributed by atoms with Gasteiger partial charge in [0.1, 0.15) is 0 Å². The zero-order valence-corrected chi connectivity index (χ0v) is 11.4. The fourth-order valence-corrected chi connectivity index (χ4v) is 3.36. The first kappa shape index (κ1) is 13.3. The standard InChI is InChI=1S/C14H28N2O/c1-11-10-16(2)9-8-12(11)15-13-6-4-3-5-7-14(13)17/h11-15,17H,3-10H2,1-2H3. The van der Waals surface area contributed by atoms with E-state index in [-0.39, 0.29) is 6.10 Å². The van der Waals surface area contributed by atoms with Gasteiger partial charge in [-0.15, -0.1) is 0 Å². The van der Waals surface area contributed by atoms with Crippen LogP contribution in [0.25, 0.3) is 0 Å². The lowest BCUT2D eigenvalue weighted by Gasteiger charge is -2.38. The first-order chi connectivity index (χ1) is 8.16. The SMILES string of the molecule is CC1CN(C)CCC1NC1CCCCCC1O. The molecule has 100 valence electrons. The molecule has 2 rings (SSSR count). The molecule has 0 spiro atoms. The summed E-state index contributed by atoms with van der Waals surface area (Å²) in [5.74, 6) is 0.698. The van der Waals surface area contributed by atoms with E-state index in [1.807, 2.05) is 0 Å². The Bertz CT molecular complexity index is 234. The fraction of sp³-hybridized carbons (Fsp3) is 1.00. The highest BCUT2D eigenvalue weighted by Crippen LogP contribution is 2.22. The second-order valence-electron chi connectivity index (χ2n) is 6.11. The van der Waals surface area contributed by atoms with Crippen molar-refractivity contribution >= 4 is 0 Å². The number of hydrogen-bond acceptors (Lipinski definition) is 3. The minimum absolute atomic E-state index is 0.121. The third kappa shape index (κ3) is 3.67. The molecule has 4 unspecified atom stereocenters. The Kier molecular flexibility index (Phi) is 4.83. The number of hydrogen-bond donors (Lipinski definition) is 2. The monoisotopic (exact) mass is 240 g/mol. The molecule has 0 aromatic heterocycles. The van der Waals surface area contributed by atoms with Gasteiger partial charge < -0.3 is 15.3 Å². The second kappa shape index (κ2) is 6.17. The Hall–Kier alpha value is -0.120. The number of nitrogens with zero attached hydrogens (tertiary/aromatic N) is 1. The average molecular weight is 240 g/mol. The Balaban J connectivity index is 1.86. The summed E-state index contributed by atoms with van der Waals surface area (Å²) in [6.45, 7) is 4.70. The number of likely N-dealkylation sites (tertiary alicyclic amines) is 1. The van der Waals surface area contributed by atoms with Crippen LogP contribution in [0.1, 0.15) is 45.4 Å². The Morgan fingerprint density at radius 1 is 1.06 bits per heavy atom. The molecule has 4 atom stereocenters. The van der Waals surface area contributed by atoms with Gasteiger partial charge in [0.15, 0.2) is 0 Å². The average Bonchev–Trinajstić information content (AvgIpc) is 2.48. The van der Waals surface area contributed by atoms with Crippen molar-refractivity contribution in [2.24, 2.45) is 5.92 Å². The molecule has 2 aliphatic rings. The number of piperidine rings is 1. The van der Waals surface area contributed by atoms with E-state index in [0.29, 0.717) is 18.0 Å². The summed E-state index contributed by atoms with van der Waals surface area (Å²) in [6, 6.07) is 0.942. The molecule has 17 heavy (non-hydrogen) atoms. The topological polar surface area (TPSA) is 35.5 Å². The zero-order chi connectivity index (χ0) is 12.3. The number of aliphatic hydroxyl groups excluding tert-OH is 1. The molecular formula is C14H28N2O. The number of aliphatic hydroxyl groups is 1. The molecule has 1 saturated carbocycles. The van der Waals surface area contributed by atoms with Gasteiger partial charge in [0.2, 0.25) is 0 Å². The molecule has 0 bridgehead atoms. The van der Waals surface area contributed by atoms with Crippen LogP contribution >= 0.6 is 0 Å². The zero-order valence-electron chi connectivity index (χ0n) is 11.4. The van der Waals surface area contributed by atoms with Crippen molar-refractivity contribution in [3.63, 3.8) is 0 Å². The molecule has 1 aliphatic carbocycles. The molecule has 1 heterocycles. The molecule has 2 fully saturated rings. The minimum atomic E-state index is -0.121. The van der Waals surface area contributed by atoms with E-state index >= 15 is 0 Å². The quantitative estimate of drug-likeness (QED) is 0.720. The highest BCUT2D eigenvalue weighted by Gasteiger charge is 2.29. The summed E-state index contributed by atoms with van der Waals surface area (Å²) in [5, 5.41) is 13.9. The first-order valence-corrected chi connectivity index (χ1v) is 7.29. The van der Waals surface area contributed by atoms with Crippen molar-refractivity contribution < 1.29 is 5.11 Å². The van der Waals surface area contributed by atoms with Crippen LogP contribution in [0, 0.1) is 5.92 Å². The van der Waals surface area contributed by atoms with Crippen molar-refractivity contribution in [2.75, 3.05) is 20.1 Å². The summed E-state index contributed by atoms with van der Waals surface area (Å²) in [6.07, 6.45) is 7.00. The highest BCUT2D eigenvalue weighted by molar-refractivity contribution is 4.87. The molecule has 0 aromatic carbocycles. The third-order valence-electron chi connectivity index (χ3n) is 4.52. The maximum atomic E-state index is 10.1. The molecule has 3 heteroatoms. The second-order valence-corrected chi connectivity index (χ2v) is 6.11. The van der Waals surface area contributed by atoms with Gasteiger partial charge >= 0.3 is 0 Å². The van der Waals surface area contributed by atoms with Gasteiger partial charge in [0, 0.05) is 18.6 Å². The van der Waals surface area contributed by atoms with Crippen molar-refractivity contribution in [1.29, 1.82) is 0 Å². The van der Waals surface area contributed by atoms with E-state index in [1.165, 1.54) is 38.8 Å². The molecule has 0 radical (unpaired) electrons. The Labute approximate surface area is 106 Å². The van der Waals surface area contributed by atoms with E-state index in [2.05, 4.69) is 24.2 Å². The van der Waals surface area contributed by atoms with Crippen molar-refractivity contribution in [2.45, 2.75) is 63.6 Å². The van der Waals surface area contributed by atoms with Crippen LogP contribution in [0.15, 0.2) is 0 Å². The normalized spacial score (nSPS) is 41.1. The van der Waals surface area contributed by atoms with Crippen LogP contribution in [0.3, 0.4) is 0 Å². The molecule has 1 aliphatic heterocycles. The van der Waals surface area contributed by atoms with Crippen LogP contribution in [-0.4, -0.2) is 48.3 Å². The van der Waals surface area contributed by atoms with Crippen LogP contribution < -0.4 is 5.32 Å². The maximum absolute atomic E-state index is 10.1. The summed E-state index contributed by atoms with van der Waals surface area (Å²) >= 11 is 0. The predicted molar refractivity (Wildman–Crippen MR) is 71.1 cm³/mol. The maximum Gasteiger partial charge on any atom is 0.0693 e. The van der Waals surface area contributed by atoms with Crippen molar-refractivity contribution in [3.8, 4) is 0 Å². The van der Waals surface area contributed by atoms with E-state index < -0.39 is 0 Å².